The smallest absolute Gasteiger partial charge is 0.0729 e. The zero-order valence-corrected chi connectivity index (χ0v) is 10.7. The molecule has 0 radical (unpaired) electrons. The third-order valence-corrected chi connectivity index (χ3v) is 3.68. The van der Waals surface area contributed by atoms with Gasteiger partial charge in [-0.1, -0.05) is 13.0 Å². The first-order chi connectivity index (χ1) is 8.27. The largest absolute Gasteiger partial charge is 0.377 e. The minimum atomic E-state index is 0.0658. The Morgan fingerprint density at radius 3 is 3.06 bits per heavy atom. The van der Waals surface area contributed by atoms with Crippen molar-refractivity contribution in [3.05, 3.63) is 29.6 Å². The fourth-order valence-electron chi connectivity index (χ4n) is 2.79. The molecule has 0 saturated heterocycles. The average molecular weight is 234 g/mol. The molecule has 3 unspecified atom stereocenters. The van der Waals surface area contributed by atoms with Crippen LogP contribution in [0, 0.1) is 0 Å². The zero-order valence-electron chi connectivity index (χ0n) is 10.7. The fourth-order valence-corrected chi connectivity index (χ4v) is 2.79. The fraction of sp³-hybridized carbons (Fsp3) is 0.643. The molecular formula is C14H22N2O. The van der Waals surface area contributed by atoms with E-state index < -0.39 is 0 Å². The molecule has 0 amide bonds. The normalized spacial score (nSPS) is 22.2. The van der Waals surface area contributed by atoms with Gasteiger partial charge in [0, 0.05) is 30.5 Å². The molecule has 94 valence electrons. The van der Waals surface area contributed by atoms with Gasteiger partial charge in [-0.2, -0.15) is 0 Å². The van der Waals surface area contributed by atoms with Gasteiger partial charge in [-0.15, -0.1) is 0 Å². The number of pyridine rings is 1. The highest BCUT2D eigenvalue weighted by atomic mass is 16.5. The summed E-state index contributed by atoms with van der Waals surface area (Å²) < 4.78 is 5.73. The quantitative estimate of drug-likeness (QED) is 0.850. The van der Waals surface area contributed by atoms with Crippen LogP contribution >= 0.6 is 0 Å². The molecule has 1 aliphatic carbocycles. The molecule has 0 aromatic carbocycles. The number of fused-ring (bicyclic) bond motifs is 1. The van der Waals surface area contributed by atoms with Crippen molar-refractivity contribution in [1.82, 2.24) is 4.98 Å². The predicted molar refractivity (Wildman–Crippen MR) is 69.0 cm³/mol. The molecular weight excluding hydrogens is 212 g/mol. The van der Waals surface area contributed by atoms with Gasteiger partial charge in [0.05, 0.1) is 6.10 Å². The Bertz CT molecular complexity index is 367. The summed E-state index contributed by atoms with van der Waals surface area (Å²) in [6.07, 6.45) is 5.19. The molecule has 1 aromatic heterocycles. The van der Waals surface area contributed by atoms with Crippen molar-refractivity contribution < 1.29 is 4.74 Å². The second-order valence-corrected chi connectivity index (χ2v) is 4.67. The Kier molecular flexibility index (Phi) is 4.13. The highest BCUT2D eigenvalue weighted by Crippen LogP contribution is 2.34. The van der Waals surface area contributed by atoms with Crippen molar-refractivity contribution in [1.29, 1.82) is 0 Å². The van der Waals surface area contributed by atoms with Crippen LogP contribution in [-0.2, 0) is 11.2 Å². The molecule has 2 N–H and O–H groups in total. The highest BCUT2D eigenvalue weighted by Gasteiger charge is 2.32. The van der Waals surface area contributed by atoms with Crippen LogP contribution in [-0.4, -0.2) is 23.7 Å². The molecule has 0 saturated carbocycles. The lowest BCUT2D eigenvalue weighted by Gasteiger charge is -2.27. The monoisotopic (exact) mass is 234 g/mol. The maximum absolute atomic E-state index is 6.37. The molecule has 3 heteroatoms. The number of rotatable bonds is 5. The van der Waals surface area contributed by atoms with Crippen molar-refractivity contribution in [2.24, 2.45) is 5.73 Å². The molecule has 3 atom stereocenters. The van der Waals surface area contributed by atoms with E-state index in [-0.39, 0.29) is 12.1 Å². The van der Waals surface area contributed by atoms with Gasteiger partial charge in [0.15, 0.2) is 0 Å². The van der Waals surface area contributed by atoms with Gasteiger partial charge in [0.1, 0.15) is 0 Å². The Morgan fingerprint density at radius 1 is 1.53 bits per heavy atom. The molecule has 1 aliphatic rings. The van der Waals surface area contributed by atoms with E-state index in [1.54, 1.807) is 0 Å². The number of hydrogen-bond acceptors (Lipinski definition) is 3. The van der Waals surface area contributed by atoms with Crippen LogP contribution in [0.3, 0.4) is 0 Å². The minimum Gasteiger partial charge on any atom is -0.377 e. The highest BCUT2D eigenvalue weighted by molar-refractivity contribution is 5.30. The number of nitrogens with zero attached hydrogens (tertiary/aromatic N) is 1. The molecule has 0 aliphatic heterocycles. The van der Waals surface area contributed by atoms with Gasteiger partial charge in [-0.05, 0) is 37.8 Å². The summed E-state index contributed by atoms with van der Waals surface area (Å²) in [6, 6.07) is 4.24. The van der Waals surface area contributed by atoms with Crippen LogP contribution in [0.1, 0.15) is 43.9 Å². The Morgan fingerprint density at radius 2 is 2.35 bits per heavy atom. The molecule has 1 aromatic rings. The number of aromatic nitrogens is 1. The third-order valence-electron chi connectivity index (χ3n) is 3.68. The van der Waals surface area contributed by atoms with Crippen molar-refractivity contribution >= 4 is 0 Å². The van der Waals surface area contributed by atoms with Gasteiger partial charge in [-0.25, -0.2) is 0 Å². The number of nitrogens with two attached hydrogens (primary N) is 1. The van der Waals surface area contributed by atoms with Crippen molar-refractivity contribution in [2.45, 2.75) is 51.2 Å². The van der Waals surface area contributed by atoms with Gasteiger partial charge >= 0.3 is 0 Å². The van der Waals surface area contributed by atoms with E-state index in [0.717, 1.165) is 25.9 Å². The molecule has 0 bridgehead atoms. The number of hydrogen-bond donors (Lipinski definition) is 1. The molecule has 0 fully saturated rings. The summed E-state index contributed by atoms with van der Waals surface area (Å²) in [4.78, 5) is 4.50. The lowest BCUT2D eigenvalue weighted by atomic mass is 9.92. The van der Waals surface area contributed by atoms with Crippen LogP contribution in [0.2, 0.25) is 0 Å². The van der Waals surface area contributed by atoms with E-state index in [4.69, 9.17) is 10.5 Å². The average Bonchev–Trinajstić information content (AvgIpc) is 2.79. The summed E-state index contributed by atoms with van der Waals surface area (Å²) in [5.74, 6) is 0.364. The first-order valence-corrected chi connectivity index (χ1v) is 6.58. The number of ether oxygens (including phenoxy) is 1. The number of aryl methyl sites for hydroxylation is 1. The van der Waals surface area contributed by atoms with Gasteiger partial charge in [-0.3, -0.25) is 4.98 Å². The van der Waals surface area contributed by atoms with Crippen LogP contribution in [0.5, 0.6) is 0 Å². The van der Waals surface area contributed by atoms with Gasteiger partial charge < -0.3 is 10.5 Å². The summed E-state index contributed by atoms with van der Waals surface area (Å²) in [7, 11) is 0. The SMILES string of the molecule is CCOC(CC)C(N)C1CCc2cccnc21. The predicted octanol–water partition coefficient (Wildman–Crippen LogP) is 2.25. The van der Waals surface area contributed by atoms with E-state index in [9.17, 15) is 0 Å². The molecule has 0 spiro atoms. The van der Waals surface area contributed by atoms with Crippen molar-refractivity contribution in [2.75, 3.05) is 6.61 Å². The van der Waals surface area contributed by atoms with Gasteiger partial charge in [0.2, 0.25) is 0 Å². The standard InChI is InChI=1S/C14H22N2O/c1-3-12(17-4-2)13(15)11-8-7-10-6-5-9-16-14(10)11/h5-6,9,11-13H,3-4,7-8,15H2,1-2H3. The maximum atomic E-state index is 6.37. The Labute approximate surface area is 103 Å². The Hall–Kier alpha value is -0.930. The van der Waals surface area contributed by atoms with Crippen LogP contribution < -0.4 is 5.73 Å². The zero-order chi connectivity index (χ0) is 12.3. The van der Waals surface area contributed by atoms with Crippen molar-refractivity contribution in [3.63, 3.8) is 0 Å². The first kappa shape index (κ1) is 12.5. The van der Waals surface area contributed by atoms with E-state index >= 15 is 0 Å². The molecule has 1 heterocycles. The summed E-state index contributed by atoms with van der Waals surface area (Å²) in [6.45, 7) is 4.89. The molecule has 3 nitrogen and oxygen atoms in total. The summed E-state index contributed by atoms with van der Waals surface area (Å²) in [5, 5.41) is 0. The van der Waals surface area contributed by atoms with E-state index in [0.29, 0.717) is 5.92 Å². The van der Waals surface area contributed by atoms with E-state index in [1.165, 1.54) is 11.3 Å². The summed E-state index contributed by atoms with van der Waals surface area (Å²) in [5.41, 5.74) is 8.92. The lowest BCUT2D eigenvalue weighted by Crippen LogP contribution is -2.41. The van der Waals surface area contributed by atoms with Crippen LogP contribution in [0.25, 0.3) is 0 Å². The van der Waals surface area contributed by atoms with Crippen LogP contribution in [0.15, 0.2) is 18.3 Å². The molecule has 17 heavy (non-hydrogen) atoms. The Balaban J connectivity index is 2.13. The second kappa shape index (κ2) is 5.61. The second-order valence-electron chi connectivity index (χ2n) is 4.67. The van der Waals surface area contributed by atoms with Crippen molar-refractivity contribution in [3.8, 4) is 0 Å². The van der Waals surface area contributed by atoms with Crippen LogP contribution in [0.4, 0.5) is 0 Å². The summed E-state index contributed by atoms with van der Waals surface area (Å²) >= 11 is 0. The minimum absolute atomic E-state index is 0.0658. The first-order valence-electron chi connectivity index (χ1n) is 6.58. The maximum Gasteiger partial charge on any atom is 0.0729 e. The molecule has 2 rings (SSSR count). The van der Waals surface area contributed by atoms with Gasteiger partial charge in [0.25, 0.3) is 0 Å². The third kappa shape index (κ3) is 2.50. The lowest BCUT2D eigenvalue weighted by molar-refractivity contribution is 0.0348. The topological polar surface area (TPSA) is 48.1 Å². The van der Waals surface area contributed by atoms with E-state index in [1.807, 2.05) is 19.2 Å². The van der Waals surface area contributed by atoms with E-state index in [2.05, 4.69) is 18.0 Å².